The van der Waals surface area contributed by atoms with Crippen molar-refractivity contribution in [3.05, 3.63) is 0 Å². The third-order valence-electron chi connectivity index (χ3n) is 2.42. The predicted octanol–water partition coefficient (Wildman–Crippen LogP) is 3.25. The van der Waals surface area contributed by atoms with Crippen molar-refractivity contribution in [2.75, 3.05) is 26.0 Å². The molecule has 1 aliphatic rings. The second kappa shape index (κ2) is 5.18. The van der Waals surface area contributed by atoms with Crippen molar-refractivity contribution in [3.63, 3.8) is 0 Å². The maximum Gasteiger partial charge on any atom is 0.206 e. The molecule has 0 aromatic carbocycles. The van der Waals surface area contributed by atoms with E-state index >= 15 is 0 Å². The Labute approximate surface area is 108 Å². The highest BCUT2D eigenvalue weighted by atomic mass is 79.9. The fourth-order valence-corrected chi connectivity index (χ4v) is 8.10. The molecule has 0 saturated carbocycles. The van der Waals surface area contributed by atoms with Crippen LogP contribution in [0.2, 0.25) is 0 Å². The van der Waals surface area contributed by atoms with Crippen LogP contribution in [-0.4, -0.2) is 41.3 Å². The minimum absolute atomic E-state index is 0.109. The fraction of sp³-hybridized carbons (Fsp3) is 1.00. The van der Waals surface area contributed by atoms with Gasteiger partial charge in [-0.25, -0.2) is 0 Å². The van der Waals surface area contributed by atoms with E-state index in [4.69, 9.17) is 9.26 Å². The summed E-state index contributed by atoms with van der Waals surface area (Å²) < 4.78 is 22.8. The second-order valence-electron chi connectivity index (χ2n) is 4.27. The number of alkyl halides is 2. The molecule has 1 saturated heterocycles. The predicted molar refractivity (Wildman–Crippen MR) is 69.8 cm³/mol. The highest BCUT2D eigenvalue weighted by Gasteiger charge is 2.48. The first kappa shape index (κ1) is 14.2. The maximum absolute atomic E-state index is 12.4. The van der Waals surface area contributed by atoms with Crippen LogP contribution < -0.4 is 0 Å². The van der Waals surface area contributed by atoms with Crippen LogP contribution in [-0.2, 0) is 13.8 Å². The van der Waals surface area contributed by atoms with Crippen LogP contribution in [0.3, 0.4) is 0 Å². The van der Waals surface area contributed by atoms with Crippen molar-refractivity contribution in [2.24, 2.45) is 0 Å². The monoisotopic (exact) mass is 362 g/mol. The van der Waals surface area contributed by atoms with E-state index in [2.05, 4.69) is 31.9 Å². The smallest absolute Gasteiger partial charge is 0.206 e. The lowest BCUT2D eigenvalue weighted by Crippen LogP contribution is -2.25. The lowest BCUT2D eigenvalue weighted by atomic mass is 10.2. The Morgan fingerprint density at radius 1 is 1.67 bits per heavy atom. The van der Waals surface area contributed by atoms with E-state index in [9.17, 15) is 4.57 Å². The topological polar surface area (TPSA) is 35.5 Å². The van der Waals surface area contributed by atoms with E-state index in [-0.39, 0.29) is 15.3 Å². The molecule has 0 radical (unpaired) electrons. The van der Waals surface area contributed by atoms with E-state index in [1.165, 1.54) is 0 Å². The third-order valence-corrected chi connectivity index (χ3v) is 8.93. The molecule has 1 heterocycles. The van der Waals surface area contributed by atoms with E-state index < -0.39 is 7.37 Å². The van der Waals surface area contributed by atoms with Gasteiger partial charge in [-0.2, -0.15) is 0 Å². The minimum atomic E-state index is -2.51. The van der Waals surface area contributed by atoms with Gasteiger partial charge in [0.2, 0.25) is 7.37 Å². The zero-order chi connectivity index (χ0) is 11.7. The normalized spacial score (nSPS) is 43.1. The van der Waals surface area contributed by atoms with Crippen LogP contribution in [0.4, 0.5) is 0 Å². The van der Waals surface area contributed by atoms with Gasteiger partial charge in [0.25, 0.3) is 0 Å². The van der Waals surface area contributed by atoms with E-state index in [1.807, 2.05) is 13.8 Å². The van der Waals surface area contributed by atoms with Gasteiger partial charge in [-0.3, -0.25) is 4.57 Å². The van der Waals surface area contributed by atoms with Gasteiger partial charge in [0.1, 0.15) is 0 Å². The molecule has 0 aliphatic carbocycles. The molecule has 4 atom stereocenters. The Morgan fingerprint density at radius 3 is 2.67 bits per heavy atom. The van der Waals surface area contributed by atoms with Crippen molar-refractivity contribution in [1.29, 1.82) is 0 Å². The Kier molecular flexibility index (Phi) is 4.89. The van der Waals surface area contributed by atoms with Crippen molar-refractivity contribution >= 4 is 39.2 Å². The van der Waals surface area contributed by atoms with Crippen LogP contribution in [0.1, 0.15) is 13.8 Å². The Bertz CT molecular complexity index is 270. The number of hydrogen-bond acceptors (Lipinski definition) is 3. The summed E-state index contributed by atoms with van der Waals surface area (Å²) in [4.78, 5) is 0.200. The zero-order valence-electron chi connectivity index (χ0n) is 9.20. The number of hydrogen-bond donors (Lipinski definition) is 0. The van der Waals surface area contributed by atoms with Crippen molar-refractivity contribution in [3.8, 4) is 0 Å². The number of methoxy groups -OCH3 is 1. The van der Waals surface area contributed by atoms with E-state index in [0.29, 0.717) is 18.9 Å². The summed E-state index contributed by atoms with van der Waals surface area (Å²) in [5.74, 6) is 0. The van der Waals surface area contributed by atoms with Gasteiger partial charge in [0, 0.05) is 28.6 Å². The molecular formula is C9H17Br2O3P. The van der Waals surface area contributed by atoms with E-state index in [1.54, 1.807) is 7.11 Å². The number of rotatable bonds is 4. The molecule has 0 spiro atoms. The van der Waals surface area contributed by atoms with Crippen LogP contribution in [0.15, 0.2) is 0 Å². The lowest BCUT2D eigenvalue weighted by molar-refractivity contribution is 0.0944. The molecule has 15 heavy (non-hydrogen) atoms. The molecule has 0 bridgehead atoms. The average Bonchev–Trinajstić information content (AvgIpc) is 2.19. The SMILES string of the molecule is COCC(C)OP1(=O)CC(Br)C(C)(Br)C1. The van der Waals surface area contributed by atoms with Gasteiger partial charge >= 0.3 is 0 Å². The van der Waals surface area contributed by atoms with Crippen LogP contribution in [0.25, 0.3) is 0 Å². The summed E-state index contributed by atoms with van der Waals surface area (Å²) in [6, 6.07) is 0. The highest BCUT2D eigenvalue weighted by Crippen LogP contribution is 2.61. The van der Waals surface area contributed by atoms with Crippen LogP contribution in [0, 0.1) is 0 Å². The molecule has 1 rings (SSSR count). The summed E-state index contributed by atoms with van der Waals surface area (Å²) in [7, 11) is -0.890. The molecule has 0 aromatic rings. The molecule has 0 N–H and O–H groups in total. The summed E-state index contributed by atoms with van der Waals surface area (Å²) >= 11 is 7.12. The van der Waals surface area contributed by atoms with Gasteiger partial charge < -0.3 is 9.26 Å². The molecule has 1 fully saturated rings. The molecule has 1 aliphatic heterocycles. The molecule has 90 valence electrons. The number of halogens is 2. The standard InChI is InChI=1S/C9H17Br2O3P/c1-7(4-13-3)14-15(12)5-8(10)9(2,11)6-15/h7-8H,4-6H2,1-3H3. The van der Waals surface area contributed by atoms with Gasteiger partial charge in [-0.1, -0.05) is 31.9 Å². The zero-order valence-corrected chi connectivity index (χ0v) is 13.3. The van der Waals surface area contributed by atoms with Gasteiger partial charge in [-0.15, -0.1) is 0 Å². The Balaban J connectivity index is 2.59. The second-order valence-corrected chi connectivity index (χ2v) is 9.71. The van der Waals surface area contributed by atoms with Gasteiger partial charge in [0.05, 0.1) is 12.7 Å². The molecular weight excluding hydrogens is 347 g/mol. The lowest BCUT2D eigenvalue weighted by Gasteiger charge is -2.20. The molecule has 3 nitrogen and oxygen atoms in total. The largest absolute Gasteiger partial charge is 0.382 e. The van der Waals surface area contributed by atoms with Crippen molar-refractivity contribution < 1.29 is 13.8 Å². The molecule has 0 amide bonds. The van der Waals surface area contributed by atoms with Crippen LogP contribution >= 0.6 is 39.2 Å². The third kappa shape index (κ3) is 3.81. The van der Waals surface area contributed by atoms with Gasteiger partial charge in [-0.05, 0) is 13.8 Å². The summed E-state index contributed by atoms with van der Waals surface area (Å²) in [6.45, 7) is 4.41. The maximum atomic E-state index is 12.4. The highest BCUT2D eigenvalue weighted by molar-refractivity contribution is 9.12. The first-order valence-corrected chi connectivity index (χ1v) is 8.58. The summed E-state index contributed by atoms with van der Waals surface area (Å²) in [5, 5.41) is 0. The Morgan fingerprint density at radius 2 is 2.27 bits per heavy atom. The fourth-order valence-electron chi connectivity index (χ4n) is 1.74. The average molecular weight is 364 g/mol. The van der Waals surface area contributed by atoms with Crippen LogP contribution in [0.5, 0.6) is 0 Å². The van der Waals surface area contributed by atoms with E-state index in [0.717, 1.165) is 0 Å². The van der Waals surface area contributed by atoms with Crippen molar-refractivity contribution in [2.45, 2.75) is 29.1 Å². The number of ether oxygens (including phenoxy) is 1. The quantitative estimate of drug-likeness (QED) is 0.568. The minimum Gasteiger partial charge on any atom is -0.382 e. The molecule has 0 aromatic heterocycles. The Hall–Kier alpha value is 1.11. The van der Waals surface area contributed by atoms with Gasteiger partial charge in [0.15, 0.2) is 0 Å². The van der Waals surface area contributed by atoms with Crippen molar-refractivity contribution in [1.82, 2.24) is 0 Å². The molecule has 6 heteroatoms. The first-order valence-electron chi connectivity index (χ1n) is 4.87. The molecule has 4 unspecified atom stereocenters. The first-order chi connectivity index (χ1) is 6.79. The summed E-state index contributed by atoms with van der Waals surface area (Å²) in [5.41, 5.74) is 0. The summed E-state index contributed by atoms with van der Waals surface area (Å²) in [6.07, 6.45) is 1.05.